The molecule has 0 aliphatic carbocycles. The average molecular weight is 323 g/mol. The van der Waals surface area contributed by atoms with E-state index in [1.807, 2.05) is 0 Å². The maximum atomic E-state index is 11.9. The molecular weight excluding hydrogens is 302 g/mol. The normalized spacial score (nSPS) is 17.1. The quantitative estimate of drug-likeness (QED) is 0.408. The molecular formula is C15H21N3O5. The smallest absolute Gasteiger partial charge is 0.325 e. The third-order valence-corrected chi connectivity index (χ3v) is 3.54. The van der Waals surface area contributed by atoms with Crippen molar-refractivity contribution in [2.24, 2.45) is 5.92 Å². The molecule has 0 radical (unpaired) electrons. The van der Waals surface area contributed by atoms with Gasteiger partial charge in [-0.15, -0.1) is 0 Å². The van der Waals surface area contributed by atoms with Crippen molar-refractivity contribution < 1.29 is 24.2 Å². The first-order valence-electron chi connectivity index (χ1n) is 7.45. The summed E-state index contributed by atoms with van der Waals surface area (Å²) < 4.78 is 4.98. The molecule has 0 aromatic carbocycles. The molecule has 1 unspecified atom stereocenters. The van der Waals surface area contributed by atoms with Crippen molar-refractivity contribution in [2.45, 2.75) is 32.7 Å². The van der Waals surface area contributed by atoms with E-state index < -0.39 is 17.9 Å². The number of hydrogen-bond donors (Lipinski definition) is 2. The van der Waals surface area contributed by atoms with E-state index in [1.165, 1.54) is 13.1 Å². The third kappa shape index (κ3) is 5.62. The van der Waals surface area contributed by atoms with Gasteiger partial charge in [0.25, 0.3) is 5.91 Å². The summed E-state index contributed by atoms with van der Waals surface area (Å²) in [6, 6.07) is 0.695. The van der Waals surface area contributed by atoms with Gasteiger partial charge in [-0.2, -0.15) is 5.26 Å². The van der Waals surface area contributed by atoms with Crippen LogP contribution in [0.25, 0.3) is 0 Å². The van der Waals surface area contributed by atoms with Gasteiger partial charge in [0.1, 0.15) is 17.7 Å². The zero-order chi connectivity index (χ0) is 17.4. The van der Waals surface area contributed by atoms with Crippen molar-refractivity contribution in [2.75, 3.05) is 19.7 Å². The fraction of sp³-hybridized carbons (Fsp3) is 0.600. The van der Waals surface area contributed by atoms with Crippen LogP contribution in [0.5, 0.6) is 0 Å². The van der Waals surface area contributed by atoms with E-state index in [9.17, 15) is 14.4 Å². The van der Waals surface area contributed by atoms with Crippen LogP contribution in [0.1, 0.15) is 26.7 Å². The molecule has 1 saturated heterocycles. The summed E-state index contributed by atoms with van der Waals surface area (Å²) in [4.78, 5) is 36.0. The summed E-state index contributed by atoms with van der Waals surface area (Å²) in [5.74, 6) is -2.28. The molecule has 23 heavy (non-hydrogen) atoms. The fourth-order valence-electron chi connectivity index (χ4n) is 2.18. The lowest BCUT2D eigenvalue weighted by Gasteiger charge is -2.30. The summed E-state index contributed by atoms with van der Waals surface area (Å²) in [5, 5.41) is 20.1. The van der Waals surface area contributed by atoms with E-state index in [-0.39, 0.29) is 17.5 Å². The maximum Gasteiger partial charge on any atom is 0.325 e. The van der Waals surface area contributed by atoms with Gasteiger partial charge < -0.3 is 20.1 Å². The van der Waals surface area contributed by atoms with E-state index in [1.54, 1.807) is 17.9 Å². The molecule has 0 saturated carbocycles. The lowest BCUT2D eigenvalue weighted by Crippen LogP contribution is -2.40. The largest absolute Gasteiger partial charge is 0.480 e. The Kier molecular flexibility index (Phi) is 7.06. The zero-order valence-electron chi connectivity index (χ0n) is 13.2. The predicted octanol–water partition coefficient (Wildman–Crippen LogP) is 0.258. The molecule has 0 aromatic rings. The van der Waals surface area contributed by atoms with E-state index in [2.05, 4.69) is 5.32 Å². The Labute approximate surface area is 134 Å². The number of carboxylic acid groups (broad SMARTS) is 1. The van der Waals surface area contributed by atoms with Crippen LogP contribution in [-0.2, 0) is 19.1 Å². The Morgan fingerprint density at radius 1 is 1.43 bits per heavy atom. The van der Waals surface area contributed by atoms with Gasteiger partial charge in [0.2, 0.25) is 0 Å². The van der Waals surface area contributed by atoms with Crippen LogP contribution in [0, 0.1) is 17.2 Å². The van der Waals surface area contributed by atoms with Crippen molar-refractivity contribution in [3.8, 4) is 6.07 Å². The summed E-state index contributed by atoms with van der Waals surface area (Å²) >= 11 is 0. The van der Waals surface area contributed by atoms with Crippen molar-refractivity contribution in [1.29, 1.82) is 5.26 Å². The van der Waals surface area contributed by atoms with Gasteiger partial charge in [-0.3, -0.25) is 14.4 Å². The van der Waals surface area contributed by atoms with Gasteiger partial charge in [0.05, 0.1) is 12.5 Å². The molecule has 8 heteroatoms. The fourth-order valence-corrected chi connectivity index (χ4v) is 2.18. The van der Waals surface area contributed by atoms with E-state index in [0.717, 1.165) is 0 Å². The number of rotatable bonds is 6. The molecule has 1 amide bonds. The van der Waals surface area contributed by atoms with Crippen LogP contribution in [-0.4, -0.2) is 53.6 Å². The number of esters is 1. The lowest BCUT2D eigenvalue weighted by atomic mass is 9.97. The van der Waals surface area contributed by atoms with Gasteiger partial charge in [0, 0.05) is 19.3 Å². The summed E-state index contributed by atoms with van der Waals surface area (Å²) in [7, 11) is 0. The first-order valence-corrected chi connectivity index (χ1v) is 7.45. The van der Waals surface area contributed by atoms with Crippen LogP contribution in [0.3, 0.4) is 0 Å². The van der Waals surface area contributed by atoms with Crippen LogP contribution in [0.15, 0.2) is 11.8 Å². The second kappa shape index (κ2) is 8.78. The maximum absolute atomic E-state index is 11.9. The number of hydrogen-bond acceptors (Lipinski definition) is 6. The summed E-state index contributed by atoms with van der Waals surface area (Å²) in [6.07, 6.45) is 2.58. The van der Waals surface area contributed by atoms with Crippen LogP contribution < -0.4 is 5.32 Å². The van der Waals surface area contributed by atoms with Gasteiger partial charge in [-0.05, 0) is 26.7 Å². The monoisotopic (exact) mass is 323 g/mol. The van der Waals surface area contributed by atoms with Crippen LogP contribution >= 0.6 is 0 Å². The highest BCUT2D eigenvalue weighted by Crippen LogP contribution is 2.19. The number of aliphatic carboxylic acids is 1. The highest BCUT2D eigenvalue weighted by Gasteiger charge is 2.26. The van der Waals surface area contributed by atoms with Crippen LogP contribution in [0.2, 0.25) is 0 Å². The summed E-state index contributed by atoms with van der Waals surface area (Å²) in [5.41, 5.74) is -0.160. The Balaban J connectivity index is 2.60. The lowest BCUT2D eigenvalue weighted by molar-refractivity contribution is -0.149. The van der Waals surface area contributed by atoms with E-state index >= 15 is 0 Å². The van der Waals surface area contributed by atoms with Crippen molar-refractivity contribution in [3.63, 3.8) is 0 Å². The number of carbonyl (C=O) groups is 3. The molecule has 2 N–H and O–H groups in total. The number of nitrogens with one attached hydrogen (secondary N) is 1. The Bertz CT molecular complexity index is 530. The number of amides is 1. The minimum absolute atomic E-state index is 0.160. The molecule has 0 aromatic heterocycles. The number of nitrogens with zero attached hydrogens (tertiary/aromatic N) is 2. The van der Waals surface area contributed by atoms with Crippen molar-refractivity contribution in [1.82, 2.24) is 10.2 Å². The molecule has 126 valence electrons. The summed E-state index contributed by atoms with van der Waals surface area (Å²) in [6.45, 7) is 4.47. The van der Waals surface area contributed by atoms with Crippen LogP contribution in [0.4, 0.5) is 0 Å². The molecule has 0 bridgehead atoms. The number of ether oxygens (including phenoxy) is 1. The predicted molar refractivity (Wildman–Crippen MR) is 79.9 cm³/mol. The van der Waals surface area contributed by atoms with E-state index in [0.29, 0.717) is 32.5 Å². The molecule has 1 atom stereocenters. The number of carbonyl (C=O) groups excluding carboxylic acids is 2. The zero-order valence-corrected chi connectivity index (χ0v) is 13.2. The van der Waals surface area contributed by atoms with Gasteiger partial charge >= 0.3 is 11.9 Å². The Hall–Kier alpha value is -2.56. The SMILES string of the molecule is CCOC(=O)C1CCN(/C=C(/C#N)C(=O)NC(C)C(=O)O)CC1. The molecule has 1 fully saturated rings. The minimum Gasteiger partial charge on any atom is -0.480 e. The first kappa shape index (κ1) is 18.5. The Morgan fingerprint density at radius 3 is 2.52 bits per heavy atom. The Morgan fingerprint density at radius 2 is 2.04 bits per heavy atom. The number of carboxylic acids is 1. The van der Waals surface area contributed by atoms with E-state index in [4.69, 9.17) is 15.1 Å². The molecule has 1 aliphatic rings. The number of likely N-dealkylation sites (tertiary alicyclic amines) is 1. The second-order valence-electron chi connectivity index (χ2n) is 5.25. The van der Waals surface area contributed by atoms with Crippen molar-refractivity contribution in [3.05, 3.63) is 11.8 Å². The molecule has 1 heterocycles. The standard InChI is InChI=1S/C15H21N3O5/c1-3-23-15(22)11-4-6-18(7-5-11)9-12(8-16)13(19)17-10(2)14(20)21/h9-11H,3-7H2,1-2H3,(H,17,19)(H,20,21)/b12-9-. The van der Waals surface area contributed by atoms with Gasteiger partial charge in [-0.1, -0.05) is 0 Å². The topological polar surface area (TPSA) is 120 Å². The molecule has 1 aliphatic heterocycles. The number of piperidine rings is 1. The number of nitriles is 1. The highest BCUT2D eigenvalue weighted by molar-refractivity contribution is 5.99. The van der Waals surface area contributed by atoms with Gasteiger partial charge in [0.15, 0.2) is 0 Å². The third-order valence-electron chi connectivity index (χ3n) is 3.54. The average Bonchev–Trinajstić information content (AvgIpc) is 2.53. The molecule has 8 nitrogen and oxygen atoms in total. The van der Waals surface area contributed by atoms with Gasteiger partial charge in [-0.25, -0.2) is 0 Å². The highest BCUT2D eigenvalue weighted by atomic mass is 16.5. The minimum atomic E-state index is -1.18. The molecule has 0 spiro atoms. The van der Waals surface area contributed by atoms with Crippen molar-refractivity contribution >= 4 is 17.8 Å². The second-order valence-corrected chi connectivity index (χ2v) is 5.25. The first-order chi connectivity index (χ1) is 10.9. The molecule has 1 rings (SSSR count).